The highest BCUT2D eigenvalue weighted by Crippen LogP contribution is 2.26. The fraction of sp³-hybridized carbons (Fsp3) is 0. The number of carbonyl (C=O) groups excluding carboxylic acids is 1. The molecule has 98 valence electrons. The molecule has 1 amide bonds. The van der Waals surface area contributed by atoms with Gasteiger partial charge in [0.2, 0.25) is 0 Å². The van der Waals surface area contributed by atoms with E-state index in [0.29, 0.717) is 25.8 Å². The smallest absolute Gasteiger partial charge is 0.256 e. The largest absolute Gasteiger partial charge is 0.322 e. The Bertz CT molecular complexity index is 647. The molecular weight excluding hydrogens is 417 g/mol. The summed E-state index contributed by atoms with van der Waals surface area (Å²) in [5.41, 5.74) is 1.12. The van der Waals surface area contributed by atoms with Gasteiger partial charge in [0.05, 0.1) is 15.6 Å². The Morgan fingerprint density at radius 1 is 1.00 bits per heavy atom. The van der Waals surface area contributed by atoms with Crippen LogP contribution in [0.4, 0.5) is 5.69 Å². The number of hydrogen-bond donors (Lipinski definition) is 1. The molecule has 19 heavy (non-hydrogen) atoms. The lowest BCUT2D eigenvalue weighted by Crippen LogP contribution is -2.12. The predicted octanol–water partition coefficient (Wildman–Crippen LogP) is 5.77. The van der Waals surface area contributed by atoms with Gasteiger partial charge >= 0.3 is 0 Å². The van der Waals surface area contributed by atoms with Gasteiger partial charge in [-0.25, -0.2) is 0 Å². The van der Waals surface area contributed by atoms with E-state index in [4.69, 9.17) is 23.2 Å². The molecular formula is C13H7Br2Cl2NO. The molecule has 2 nitrogen and oxygen atoms in total. The summed E-state index contributed by atoms with van der Waals surface area (Å²) in [5, 5.41) is 3.61. The van der Waals surface area contributed by atoms with Crippen molar-refractivity contribution >= 4 is 66.7 Å². The minimum atomic E-state index is -0.230. The number of halogens is 4. The van der Waals surface area contributed by atoms with E-state index in [0.717, 1.165) is 4.47 Å². The summed E-state index contributed by atoms with van der Waals surface area (Å²) < 4.78 is 1.54. The first-order valence-corrected chi connectivity index (χ1v) is 7.53. The van der Waals surface area contributed by atoms with Gasteiger partial charge in [0.25, 0.3) is 5.91 Å². The molecule has 0 radical (unpaired) electrons. The maximum Gasteiger partial charge on any atom is 0.256 e. The SMILES string of the molecule is O=C(Nc1ccc(Cl)c(Cl)c1)c1cc(Br)ccc1Br. The Morgan fingerprint density at radius 2 is 1.74 bits per heavy atom. The fourth-order valence-electron chi connectivity index (χ4n) is 1.44. The zero-order valence-corrected chi connectivity index (χ0v) is 14.1. The van der Waals surface area contributed by atoms with E-state index < -0.39 is 0 Å². The van der Waals surface area contributed by atoms with Crippen molar-refractivity contribution in [2.24, 2.45) is 0 Å². The maximum atomic E-state index is 12.1. The second-order valence-corrected chi connectivity index (χ2v) is 6.29. The topological polar surface area (TPSA) is 29.1 Å². The van der Waals surface area contributed by atoms with Gasteiger partial charge in [-0.2, -0.15) is 0 Å². The molecule has 2 aromatic rings. The van der Waals surface area contributed by atoms with Crippen LogP contribution >= 0.6 is 55.1 Å². The molecule has 0 aliphatic heterocycles. The first-order valence-electron chi connectivity index (χ1n) is 5.19. The van der Waals surface area contributed by atoms with Gasteiger partial charge in [-0.3, -0.25) is 4.79 Å². The Morgan fingerprint density at radius 3 is 2.42 bits per heavy atom. The highest BCUT2D eigenvalue weighted by Gasteiger charge is 2.11. The summed E-state index contributed by atoms with van der Waals surface area (Å²) in [5.74, 6) is -0.230. The number of anilines is 1. The minimum absolute atomic E-state index is 0.230. The third-order valence-corrected chi connectivity index (χ3v) is 4.27. The number of rotatable bonds is 2. The van der Waals surface area contributed by atoms with Gasteiger partial charge in [0, 0.05) is 14.6 Å². The summed E-state index contributed by atoms with van der Waals surface area (Å²) in [6.07, 6.45) is 0. The van der Waals surface area contributed by atoms with Crippen LogP contribution in [0.25, 0.3) is 0 Å². The molecule has 0 saturated carbocycles. The molecule has 0 aliphatic carbocycles. The average molecular weight is 424 g/mol. The summed E-state index contributed by atoms with van der Waals surface area (Å²) in [6, 6.07) is 10.3. The van der Waals surface area contributed by atoms with Gasteiger partial charge in [0.15, 0.2) is 0 Å². The highest BCUT2D eigenvalue weighted by atomic mass is 79.9. The number of benzene rings is 2. The van der Waals surface area contributed by atoms with Crippen LogP contribution in [0.1, 0.15) is 10.4 Å². The van der Waals surface area contributed by atoms with Gasteiger partial charge in [-0.15, -0.1) is 0 Å². The van der Waals surface area contributed by atoms with Crippen molar-refractivity contribution < 1.29 is 4.79 Å². The van der Waals surface area contributed by atoms with Crippen LogP contribution in [0.2, 0.25) is 10.0 Å². The Kier molecular flexibility index (Phi) is 4.90. The van der Waals surface area contributed by atoms with Crippen LogP contribution < -0.4 is 5.32 Å². The van der Waals surface area contributed by atoms with Crippen molar-refractivity contribution in [3.63, 3.8) is 0 Å². The molecule has 0 fully saturated rings. The minimum Gasteiger partial charge on any atom is -0.322 e. The molecule has 2 rings (SSSR count). The molecule has 2 aromatic carbocycles. The number of carbonyl (C=O) groups is 1. The van der Waals surface area contributed by atoms with Crippen molar-refractivity contribution in [2.45, 2.75) is 0 Å². The summed E-state index contributed by atoms with van der Waals surface area (Å²) >= 11 is 18.4. The maximum absolute atomic E-state index is 12.1. The van der Waals surface area contributed by atoms with E-state index in [2.05, 4.69) is 37.2 Å². The van der Waals surface area contributed by atoms with E-state index in [1.54, 1.807) is 30.3 Å². The van der Waals surface area contributed by atoms with Crippen molar-refractivity contribution in [3.05, 3.63) is 61.0 Å². The predicted molar refractivity (Wildman–Crippen MR) is 86.3 cm³/mol. The van der Waals surface area contributed by atoms with Crippen LogP contribution in [0.3, 0.4) is 0 Å². The Hall–Kier alpha value is -0.550. The standard InChI is InChI=1S/C13H7Br2Cl2NO/c14-7-1-3-10(15)9(5-7)13(19)18-8-2-4-11(16)12(17)6-8/h1-6H,(H,18,19). The molecule has 0 unspecified atom stereocenters. The second kappa shape index (κ2) is 6.27. The average Bonchev–Trinajstić information content (AvgIpc) is 2.36. The number of nitrogens with one attached hydrogen (secondary N) is 1. The molecule has 0 aliphatic rings. The lowest BCUT2D eigenvalue weighted by molar-refractivity contribution is 0.102. The van der Waals surface area contributed by atoms with E-state index in [-0.39, 0.29) is 5.91 Å². The van der Waals surface area contributed by atoms with Crippen LogP contribution in [0, 0.1) is 0 Å². The first kappa shape index (κ1) is 14.9. The van der Waals surface area contributed by atoms with Crippen LogP contribution in [-0.2, 0) is 0 Å². The molecule has 6 heteroatoms. The summed E-state index contributed by atoms with van der Waals surface area (Å²) in [4.78, 5) is 12.1. The molecule has 0 heterocycles. The van der Waals surface area contributed by atoms with E-state index in [1.807, 2.05) is 6.07 Å². The zero-order chi connectivity index (χ0) is 14.0. The van der Waals surface area contributed by atoms with Gasteiger partial charge < -0.3 is 5.32 Å². The van der Waals surface area contributed by atoms with Gasteiger partial charge in [-0.1, -0.05) is 39.1 Å². The Labute approximate surface area is 137 Å². The van der Waals surface area contributed by atoms with Crippen molar-refractivity contribution in [3.8, 4) is 0 Å². The normalized spacial score (nSPS) is 10.3. The van der Waals surface area contributed by atoms with Crippen LogP contribution in [-0.4, -0.2) is 5.91 Å². The Balaban J connectivity index is 2.25. The monoisotopic (exact) mass is 421 g/mol. The highest BCUT2D eigenvalue weighted by molar-refractivity contribution is 9.11. The lowest BCUT2D eigenvalue weighted by Gasteiger charge is -2.08. The van der Waals surface area contributed by atoms with Gasteiger partial charge in [0.1, 0.15) is 0 Å². The number of hydrogen-bond acceptors (Lipinski definition) is 1. The quantitative estimate of drug-likeness (QED) is 0.652. The lowest BCUT2D eigenvalue weighted by atomic mass is 10.2. The van der Waals surface area contributed by atoms with Crippen LogP contribution in [0.5, 0.6) is 0 Å². The first-order chi connectivity index (χ1) is 8.97. The van der Waals surface area contributed by atoms with Crippen LogP contribution in [0.15, 0.2) is 45.3 Å². The molecule has 0 atom stereocenters. The van der Waals surface area contributed by atoms with Crippen molar-refractivity contribution in [1.82, 2.24) is 0 Å². The van der Waals surface area contributed by atoms with Crippen molar-refractivity contribution in [1.29, 1.82) is 0 Å². The van der Waals surface area contributed by atoms with E-state index in [9.17, 15) is 4.79 Å². The van der Waals surface area contributed by atoms with E-state index >= 15 is 0 Å². The van der Waals surface area contributed by atoms with E-state index in [1.165, 1.54) is 0 Å². The molecule has 0 saturated heterocycles. The molecule has 0 aromatic heterocycles. The zero-order valence-electron chi connectivity index (χ0n) is 9.38. The second-order valence-electron chi connectivity index (χ2n) is 3.71. The summed E-state index contributed by atoms with van der Waals surface area (Å²) in [7, 11) is 0. The summed E-state index contributed by atoms with van der Waals surface area (Å²) in [6.45, 7) is 0. The third kappa shape index (κ3) is 3.72. The third-order valence-electron chi connectivity index (χ3n) is 2.35. The van der Waals surface area contributed by atoms with Crippen molar-refractivity contribution in [2.75, 3.05) is 5.32 Å². The number of amides is 1. The fourth-order valence-corrected chi connectivity index (χ4v) is 2.53. The van der Waals surface area contributed by atoms with Gasteiger partial charge in [-0.05, 0) is 52.3 Å². The molecule has 1 N–H and O–H groups in total. The molecule has 0 spiro atoms. The molecule has 0 bridgehead atoms.